The van der Waals surface area contributed by atoms with Crippen LogP contribution in [0.15, 0.2) is 22.6 Å². The fourth-order valence-corrected chi connectivity index (χ4v) is 2.69. The zero-order valence-corrected chi connectivity index (χ0v) is 14.2. The number of aryl methyl sites for hydroxylation is 1. The second-order valence-corrected chi connectivity index (χ2v) is 5.83. The van der Waals surface area contributed by atoms with Crippen molar-refractivity contribution in [1.82, 2.24) is 5.32 Å². The molecule has 0 aliphatic heterocycles. The summed E-state index contributed by atoms with van der Waals surface area (Å²) in [5.74, 6) is -0.451. The lowest BCUT2D eigenvalue weighted by Crippen LogP contribution is -2.36. The maximum absolute atomic E-state index is 12.5. The summed E-state index contributed by atoms with van der Waals surface area (Å²) in [6.07, 6.45) is 2.32. The topological polar surface area (TPSA) is 88.8 Å². The predicted octanol–water partition coefficient (Wildman–Crippen LogP) is 3.51. The predicted molar refractivity (Wildman–Crippen MR) is 90.5 cm³/mol. The van der Waals surface area contributed by atoms with Gasteiger partial charge in [-0.1, -0.05) is 19.8 Å². The summed E-state index contributed by atoms with van der Waals surface area (Å²) in [5, 5.41) is 12.6. The molecule has 2 rings (SSSR count). The number of rotatable bonds is 8. The number of carboxylic acids is 1. The molecule has 0 saturated carbocycles. The van der Waals surface area contributed by atoms with Gasteiger partial charge in [-0.2, -0.15) is 0 Å². The molecule has 0 fully saturated rings. The summed E-state index contributed by atoms with van der Waals surface area (Å²) in [7, 11) is 1.56. The molecule has 1 aromatic carbocycles. The van der Waals surface area contributed by atoms with Gasteiger partial charge in [0.15, 0.2) is 5.76 Å². The minimum atomic E-state index is -0.928. The number of aliphatic carboxylic acids is 1. The number of nitrogens with one attached hydrogen (secondary N) is 1. The zero-order valence-electron chi connectivity index (χ0n) is 14.2. The third-order valence-electron chi connectivity index (χ3n) is 4.01. The molecule has 0 bridgehead atoms. The molecule has 2 aromatic rings. The fourth-order valence-electron chi connectivity index (χ4n) is 2.69. The highest BCUT2D eigenvalue weighted by atomic mass is 16.5. The monoisotopic (exact) mass is 333 g/mol. The van der Waals surface area contributed by atoms with Crippen molar-refractivity contribution in [3.05, 3.63) is 29.5 Å². The van der Waals surface area contributed by atoms with Crippen molar-refractivity contribution in [2.45, 2.75) is 45.6 Å². The number of benzene rings is 1. The van der Waals surface area contributed by atoms with Gasteiger partial charge in [0.1, 0.15) is 11.3 Å². The molecule has 24 heavy (non-hydrogen) atoms. The van der Waals surface area contributed by atoms with Gasteiger partial charge in [0.2, 0.25) is 0 Å². The molecule has 1 atom stereocenters. The molecule has 1 aromatic heterocycles. The van der Waals surface area contributed by atoms with Crippen LogP contribution in [0.3, 0.4) is 0 Å². The number of ether oxygens (including phenoxy) is 1. The van der Waals surface area contributed by atoms with Crippen LogP contribution in [0.25, 0.3) is 11.0 Å². The number of unbranched alkanes of at least 4 members (excludes halogenated alkanes) is 1. The van der Waals surface area contributed by atoms with Crippen molar-refractivity contribution in [2.75, 3.05) is 7.11 Å². The Morgan fingerprint density at radius 2 is 2.12 bits per heavy atom. The van der Waals surface area contributed by atoms with Crippen LogP contribution in [0.5, 0.6) is 5.75 Å². The molecule has 6 heteroatoms. The van der Waals surface area contributed by atoms with Gasteiger partial charge in [0.25, 0.3) is 5.91 Å². The van der Waals surface area contributed by atoms with E-state index in [-0.39, 0.29) is 18.1 Å². The van der Waals surface area contributed by atoms with Crippen molar-refractivity contribution >= 4 is 22.8 Å². The first-order chi connectivity index (χ1) is 11.5. The Bertz CT molecular complexity index is 734. The highest BCUT2D eigenvalue weighted by Gasteiger charge is 2.22. The second-order valence-electron chi connectivity index (χ2n) is 5.83. The van der Waals surface area contributed by atoms with Crippen molar-refractivity contribution in [3.8, 4) is 5.75 Å². The standard InChI is InChI=1S/C18H23NO5/c1-4-5-6-12(9-16(20)21)19-18(22)17-11(2)14-8-7-13(23-3)10-15(14)24-17/h7-8,10,12H,4-6,9H2,1-3H3,(H,19,22)(H,20,21)/t12-/m1/s1. The van der Waals surface area contributed by atoms with E-state index in [1.54, 1.807) is 19.2 Å². The van der Waals surface area contributed by atoms with Gasteiger partial charge < -0.3 is 19.6 Å². The lowest BCUT2D eigenvalue weighted by atomic mass is 10.1. The normalized spacial score (nSPS) is 12.1. The quantitative estimate of drug-likeness (QED) is 0.771. The molecule has 0 unspecified atom stereocenters. The maximum atomic E-state index is 12.5. The Labute approximate surface area is 140 Å². The number of methoxy groups -OCH3 is 1. The minimum absolute atomic E-state index is 0.0984. The molecule has 0 spiro atoms. The lowest BCUT2D eigenvalue weighted by Gasteiger charge is -2.15. The second kappa shape index (κ2) is 7.86. The van der Waals surface area contributed by atoms with E-state index in [4.69, 9.17) is 14.3 Å². The minimum Gasteiger partial charge on any atom is -0.497 e. The maximum Gasteiger partial charge on any atom is 0.305 e. The SMILES string of the molecule is CCCC[C@H](CC(=O)O)NC(=O)c1oc2cc(OC)ccc2c1C. The summed E-state index contributed by atoms with van der Waals surface area (Å²) in [6, 6.07) is 4.97. The van der Waals surface area contributed by atoms with Gasteiger partial charge in [0, 0.05) is 23.1 Å². The molecule has 6 nitrogen and oxygen atoms in total. The third kappa shape index (κ3) is 4.07. The number of amides is 1. The number of carbonyl (C=O) groups excluding carboxylic acids is 1. The van der Waals surface area contributed by atoms with E-state index in [2.05, 4.69) is 5.32 Å². The molecule has 2 N–H and O–H groups in total. The van der Waals surface area contributed by atoms with Gasteiger partial charge >= 0.3 is 5.97 Å². The Kier molecular flexibility index (Phi) is 5.84. The number of fused-ring (bicyclic) bond motifs is 1. The van der Waals surface area contributed by atoms with Crippen LogP contribution in [-0.4, -0.2) is 30.1 Å². The lowest BCUT2D eigenvalue weighted by molar-refractivity contribution is -0.137. The zero-order chi connectivity index (χ0) is 17.7. The highest BCUT2D eigenvalue weighted by Crippen LogP contribution is 2.28. The Morgan fingerprint density at radius 1 is 1.38 bits per heavy atom. The Hall–Kier alpha value is -2.50. The Balaban J connectivity index is 2.22. The summed E-state index contributed by atoms with van der Waals surface area (Å²) >= 11 is 0. The number of carboxylic acid groups (broad SMARTS) is 1. The van der Waals surface area contributed by atoms with Crippen LogP contribution in [0.4, 0.5) is 0 Å². The van der Waals surface area contributed by atoms with Crippen LogP contribution in [0, 0.1) is 6.92 Å². The van der Waals surface area contributed by atoms with Gasteiger partial charge in [-0.25, -0.2) is 0 Å². The van der Waals surface area contributed by atoms with Crippen molar-refractivity contribution in [2.24, 2.45) is 0 Å². The van der Waals surface area contributed by atoms with E-state index in [1.165, 1.54) is 0 Å². The van der Waals surface area contributed by atoms with E-state index in [9.17, 15) is 9.59 Å². The smallest absolute Gasteiger partial charge is 0.305 e. The van der Waals surface area contributed by atoms with Gasteiger partial charge in [-0.05, 0) is 25.5 Å². The molecule has 1 heterocycles. The largest absolute Gasteiger partial charge is 0.497 e. The van der Waals surface area contributed by atoms with Crippen molar-refractivity contribution in [1.29, 1.82) is 0 Å². The van der Waals surface area contributed by atoms with Crippen LogP contribution < -0.4 is 10.1 Å². The summed E-state index contributed by atoms with van der Waals surface area (Å²) in [5.41, 5.74) is 1.30. The molecule has 0 aliphatic carbocycles. The number of hydrogen-bond acceptors (Lipinski definition) is 4. The van der Waals surface area contributed by atoms with E-state index in [0.717, 1.165) is 23.8 Å². The molecule has 1 amide bonds. The third-order valence-corrected chi connectivity index (χ3v) is 4.01. The van der Waals surface area contributed by atoms with Gasteiger partial charge in [-0.3, -0.25) is 9.59 Å². The van der Waals surface area contributed by atoms with Gasteiger partial charge in [0.05, 0.1) is 13.5 Å². The first kappa shape index (κ1) is 17.8. The number of hydrogen-bond donors (Lipinski definition) is 2. The highest BCUT2D eigenvalue weighted by molar-refractivity contribution is 5.99. The summed E-state index contributed by atoms with van der Waals surface area (Å²) in [6.45, 7) is 3.84. The average molecular weight is 333 g/mol. The van der Waals surface area contributed by atoms with E-state index < -0.39 is 12.0 Å². The molecule has 0 radical (unpaired) electrons. The average Bonchev–Trinajstić information content (AvgIpc) is 2.88. The molecule has 0 aliphatic rings. The van der Waals surface area contributed by atoms with Crippen LogP contribution in [0.2, 0.25) is 0 Å². The summed E-state index contributed by atoms with van der Waals surface area (Å²) < 4.78 is 10.8. The first-order valence-electron chi connectivity index (χ1n) is 8.06. The van der Waals surface area contributed by atoms with Crippen LogP contribution in [-0.2, 0) is 4.79 Å². The summed E-state index contributed by atoms with van der Waals surface area (Å²) in [4.78, 5) is 23.5. The molecule has 130 valence electrons. The Morgan fingerprint density at radius 3 is 2.75 bits per heavy atom. The van der Waals surface area contributed by atoms with Crippen molar-refractivity contribution < 1.29 is 23.8 Å². The fraction of sp³-hybridized carbons (Fsp3) is 0.444. The first-order valence-corrected chi connectivity index (χ1v) is 8.06. The molecule has 0 saturated heterocycles. The molecular weight excluding hydrogens is 310 g/mol. The van der Waals surface area contributed by atoms with E-state index in [0.29, 0.717) is 17.8 Å². The molecular formula is C18H23NO5. The van der Waals surface area contributed by atoms with Crippen LogP contribution in [0.1, 0.15) is 48.7 Å². The van der Waals surface area contributed by atoms with E-state index >= 15 is 0 Å². The van der Waals surface area contributed by atoms with Gasteiger partial charge in [-0.15, -0.1) is 0 Å². The number of carbonyl (C=O) groups is 2. The van der Waals surface area contributed by atoms with E-state index in [1.807, 2.05) is 19.9 Å². The van der Waals surface area contributed by atoms with Crippen LogP contribution >= 0.6 is 0 Å². The number of furan rings is 1. The van der Waals surface area contributed by atoms with Crippen molar-refractivity contribution in [3.63, 3.8) is 0 Å².